The van der Waals surface area contributed by atoms with Gasteiger partial charge in [0, 0.05) is 11.8 Å². The molecule has 0 amide bonds. The summed E-state index contributed by atoms with van der Waals surface area (Å²) in [5.41, 5.74) is 1.14. The monoisotopic (exact) mass is 203 g/mol. The maximum absolute atomic E-state index is 11.0. The predicted molar refractivity (Wildman–Crippen MR) is 54.6 cm³/mol. The van der Waals surface area contributed by atoms with Crippen LogP contribution in [0.25, 0.3) is 11.3 Å². The van der Waals surface area contributed by atoms with Gasteiger partial charge in [-0.25, -0.2) is 0 Å². The molecule has 2 aromatic heterocycles. The van der Waals surface area contributed by atoms with Crippen molar-refractivity contribution >= 4 is 0 Å². The lowest BCUT2D eigenvalue weighted by Gasteiger charge is -2.02. The average molecular weight is 203 g/mol. The van der Waals surface area contributed by atoms with Crippen LogP contribution in [0, 0.1) is 0 Å². The first kappa shape index (κ1) is 9.39. The van der Waals surface area contributed by atoms with E-state index in [1.807, 2.05) is 0 Å². The summed E-state index contributed by atoms with van der Waals surface area (Å²) in [5.74, 6) is 0.636. The maximum atomic E-state index is 11.0. The van der Waals surface area contributed by atoms with Gasteiger partial charge in [-0.3, -0.25) is 14.8 Å². The molecule has 0 fully saturated rings. The Morgan fingerprint density at radius 3 is 2.73 bits per heavy atom. The van der Waals surface area contributed by atoms with Gasteiger partial charge >= 0.3 is 0 Å². The fourth-order valence-corrected chi connectivity index (χ4v) is 1.20. The number of hydrogen-bond donors (Lipinski definition) is 1. The molecule has 0 aliphatic carbocycles. The highest BCUT2D eigenvalue weighted by Gasteiger charge is 2.00. The molecule has 0 atom stereocenters. The zero-order valence-corrected chi connectivity index (χ0v) is 8.10. The number of methoxy groups -OCH3 is 1. The molecule has 0 saturated heterocycles. The summed E-state index contributed by atoms with van der Waals surface area (Å²) < 4.78 is 5.03. The molecule has 2 heterocycles. The summed E-state index contributed by atoms with van der Waals surface area (Å²) in [4.78, 5) is 21.5. The maximum Gasteiger partial charge on any atom is 0.266 e. The Hall–Kier alpha value is -2.17. The molecule has 0 unspecified atom stereocenters. The number of hydrogen-bond acceptors (Lipinski definition) is 4. The van der Waals surface area contributed by atoms with Crippen molar-refractivity contribution in [3.8, 4) is 17.0 Å². The Labute approximate surface area is 85.8 Å². The van der Waals surface area contributed by atoms with Crippen molar-refractivity contribution < 1.29 is 4.74 Å². The van der Waals surface area contributed by atoms with E-state index in [2.05, 4.69) is 15.0 Å². The summed E-state index contributed by atoms with van der Waals surface area (Å²) >= 11 is 0. The van der Waals surface area contributed by atoms with Gasteiger partial charge in [-0.1, -0.05) is 0 Å². The highest BCUT2D eigenvalue weighted by Crippen LogP contribution is 2.18. The van der Waals surface area contributed by atoms with Crippen molar-refractivity contribution in [3.05, 3.63) is 41.2 Å². The van der Waals surface area contributed by atoms with Gasteiger partial charge in [0.2, 0.25) is 0 Å². The van der Waals surface area contributed by atoms with Crippen LogP contribution in [0.15, 0.2) is 35.6 Å². The molecule has 0 aromatic carbocycles. The van der Waals surface area contributed by atoms with Crippen LogP contribution >= 0.6 is 0 Å². The minimum absolute atomic E-state index is 0.240. The van der Waals surface area contributed by atoms with Crippen molar-refractivity contribution in [2.75, 3.05) is 7.11 Å². The molecular formula is C10H9N3O2. The van der Waals surface area contributed by atoms with E-state index in [1.54, 1.807) is 31.8 Å². The van der Waals surface area contributed by atoms with Gasteiger partial charge in [0.25, 0.3) is 5.56 Å². The molecule has 2 aromatic rings. The van der Waals surface area contributed by atoms with Gasteiger partial charge in [-0.15, -0.1) is 0 Å². The van der Waals surface area contributed by atoms with Crippen molar-refractivity contribution in [1.82, 2.24) is 15.0 Å². The van der Waals surface area contributed by atoms with Gasteiger partial charge in [0.1, 0.15) is 5.75 Å². The van der Waals surface area contributed by atoms with E-state index < -0.39 is 0 Å². The molecule has 0 aliphatic heterocycles. The van der Waals surface area contributed by atoms with E-state index >= 15 is 0 Å². The van der Waals surface area contributed by atoms with Gasteiger partial charge in [-0.05, 0) is 6.07 Å². The molecular weight excluding hydrogens is 194 g/mol. The number of nitrogens with one attached hydrogen (secondary N) is 1. The predicted octanol–water partition coefficient (Wildman–Crippen LogP) is 0.840. The fourth-order valence-electron chi connectivity index (χ4n) is 1.20. The van der Waals surface area contributed by atoms with Crippen LogP contribution in [0.2, 0.25) is 0 Å². The second-order valence-corrected chi connectivity index (χ2v) is 2.92. The summed E-state index contributed by atoms with van der Waals surface area (Å²) in [6, 6.07) is 1.78. The molecule has 15 heavy (non-hydrogen) atoms. The van der Waals surface area contributed by atoms with Crippen LogP contribution in [0.4, 0.5) is 0 Å². The topological polar surface area (TPSA) is 67.9 Å². The van der Waals surface area contributed by atoms with Gasteiger partial charge in [0.05, 0.1) is 31.4 Å². The lowest BCUT2D eigenvalue weighted by atomic mass is 10.2. The normalized spacial score (nSPS) is 9.93. The number of ether oxygens (including phenoxy) is 1. The number of pyridine rings is 1. The first-order valence-corrected chi connectivity index (χ1v) is 4.33. The van der Waals surface area contributed by atoms with E-state index in [9.17, 15) is 4.79 Å². The van der Waals surface area contributed by atoms with Gasteiger partial charge in [-0.2, -0.15) is 0 Å². The third kappa shape index (κ3) is 2.01. The summed E-state index contributed by atoms with van der Waals surface area (Å²) in [5, 5.41) is 0. The largest absolute Gasteiger partial charge is 0.495 e. The van der Waals surface area contributed by atoms with Crippen molar-refractivity contribution in [2.24, 2.45) is 0 Å². The van der Waals surface area contributed by atoms with Crippen LogP contribution < -0.4 is 10.3 Å². The van der Waals surface area contributed by atoms with Crippen molar-refractivity contribution in [1.29, 1.82) is 0 Å². The Balaban J connectivity index is 2.49. The van der Waals surface area contributed by atoms with Gasteiger partial charge in [0.15, 0.2) is 0 Å². The summed E-state index contributed by atoms with van der Waals surface area (Å²) in [6.45, 7) is 0. The molecule has 1 N–H and O–H groups in total. The number of aromatic amines is 1. The fraction of sp³-hybridized carbons (Fsp3) is 0.100. The quantitative estimate of drug-likeness (QED) is 0.785. The number of rotatable bonds is 2. The zero-order chi connectivity index (χ0) is 10.7. The highest BCUT2D eigenvalue weighted by molar-refractivity contribution is 5.58. The lowest BCUT2D eigenvalue weighted by molar-refractivity contribution is 0.413. The molecule has 2 rings (SSSR count). The lowest BCUT2D eigenvalue weighted by Crippen LogP contribution is -2.05. The minimum atomic E-state index is -0.240. The molecule has 5 heteroatoms. The minimum Gasteiger partial charge on any atom is -0.495 e. The highest BCUT2D eigenvalue weighted by atomic mass is 16.5. The van der Waals surface area contributed by atoms with E-state index in [0.29, 0.717) is 11.4 Å². The first-order chi connectivity index (χ1) is 7.29. The van der Waals surface area contributed by atoms with Crippen LogP contribution in [-0.4, -0.2) is 22.1 Å². The third-order valence-electron chi connectivity index (χ3n) is 1.91. The molecule has 0 radical (unpaired) electrons. The molecule has 76 valence electrons. The van der Waals surface area contributed by atoms with E-state index in [-0.39, 0.29) is 5.56 Å². The van der Waals surface area contributed by atoms with Crippen LogP contribution in [0.3, 0.4) is 0 Å². The van der Waals surface area contributed by atoms with Gasteiger partial charge < -0.3 is 9.72 Å². The van der Waals surface area contributed by atoms with Crippen LogP contribution in [0.1, 0.15) is 0 Å². The average Bonchev–Trinajstić information content (AvgIpc) is 2.29. The van der Waals surface area contributed by atoms with Crippen LogP contribution in [-0.2, 0) is 0 Å². The number of aromatic nitrogens is 3. The number of nitrogens with zero attached hydrogens (tertiary/aromatic N) is 2. The van der Waals surface area contributed by atoms with E-state index in [1.165, 1.54) is 6.20 Å². The molecule has 0 saturated carbocycles. The Bertz CT molecular complexity index is 522. The summed E-state index contributed by atoms with van der Waals surface area (Å²) in [6.07, 6.45) is 6.02. The molecule has 0 spiro atoms. The van der Waals surface area contributed by atoms with Crippen LogP contribution in [0.5, 0.6) is 5.75 Å². The summed E-state index contributed by atoms with van der Waals surface area (Å²) in [7, 11) is 1.56. The zero-order valence-electron chi connectivity index (χ0n) is 8.10. The second-order valence-electron chi connectivity index (χ2n) is 2.92. The Morgan fingerprint density at radius 2 is 2.00 bits per heavy atom. The Morgan fingerprint density at radius 1 is 1.20 bits per heavy atom. The molecule has 5 nitrogen and oxygen atoms in total. The third-order valence-corrected chi connectivity index (χ3v) is 1.91. The van der Waals surface area contributed by atoms with E-state index in [0.717, 1.165) is 5.56 Å². The second kappa shape index (κ2) is 3.91. The van der Waals surface area contributed by atoms with Crippen molar-refractivity contribution in [3.63, 3.8) is 0 Å². The molecule has 0 aliphatic rings. The SMILES string of the molecule is COc1cncc(-c2cncc(=O)[nH]2)c1. The Kier molecular flexibility index (Phi) is 2.45. The van der Waals surface area contributed by atoms with E-state index in [4.69, 9.17) is 4.74 Å². The van der Waals surface area contributed by atoms with Crippen molar-refractivity contribution in [2.45, 2.75) is 0 Å². The standard InChI is InChI=1S/C10H9N3O2/c1-15-8-2-7(3-11-4-8)9-5-12-6-10(14)13-9/h2-6H,1H3,(H,13,14). The number of H-pyrrole nitrogens is 1. The molecule has 0 bridgehead atoms. The smallest absolute Gasteiger partial charge is 0.266 e. The first-order valence-electron chi connectivity index (χ1n) is 4.33.